The predicted molar refractivity (Wildman–Crippen MR) is 142 cm³/mol. The zero-order valence-electron chi connectivity index (χ0n) is 19.7. The van der Waals surface area contributed by atoms with E-state index in [-0.39, 0.29) is 5.92 Å². The van der Waals surface area contributed by atoms with Gasteiger partial charge in [0.1, 0.15) is 0 Å². The Bertz CT molecular complexity index is 1060. The Kier molecular flexibility index (Phi) is 6.11. The molecule has 2 fully saturated rings. The van der Waals surface area contributed by atoms with Crippen LogP contribution < -0.4 is 10.7 Å². The summed E-state index contributed by atoms with van der Waals surface area (Å²) in [6, 6.07) is 33.8. The van der Waals surface area contributed by atoms with E-state index in [1.807, 2.05) is 0 Å². The molecule has 172 valence electrons. The third-order valence-corrected chi connectivity index (χ3v) is 24.4. The molecule has 1 saturated heterocycles. The first kappa shape index (κ1) is 22.2. The molecule has 2 nitrogen and oxygen atoms in total. The summed E-state index contributed by atoms with van der Waals surface area (Å²) >= 11 is -3.63. The van der Waals surface area contributed by atoms with Crippen LogP contribution in [0.4, 0.5) is 0 Å². The maximum atomic E-state index is 14.3. The van der Waals surface area contributed by atoms with Gasteiger partial charge in [-0.2, -0.15) is 0 Å². The summed E-state index contributed by atoms with van der Waals surface area (Å²) in [5.41, 5.74) is 0. The molecule has 0 spiro atoms. The van der Waals surface area contributed by atoms with Crippen molar-refractivity contribution in [2.75, 3.05) is 13.1 Å². The molecule has 1 heterocycles. The Morgan fingerprint density at radius 3 is 1.62 bits per heavy atom. The van der Waals surface area contributed by atoms with Crippen LogP contribution in [0, 0.1) is 17.8 Å². The van der Waals surface area contributed by atoms with Crippen LogP contribution in [-0.2, 0) is 4.79 Å². The number of hydrogen-bond donors (Lipinski definition) is 0. The zero-order valence-corrected chi connectivity index (χ0v) is 22.6. The first-order chi connectivity index (χ1) is 16.8. The van der Waals surface area contributed by atoms with E-state index in [9.17, 15) is 4.79 Å². The van der Waals surface area contributed by atoms with Gasteiger partial charge in [-0.25, -0.2) is 0 Å². The minimum absolute atomic E-state index is 0.101. The summed E-state index contributed by atoms with van der Waals surface area (Å²) in [4.78, 5) is 16.5. The molecule has 1 amide bonds. The molecule has 0 aromatic heterocycles. The van der Waals surface area contributed by atoms with Crippen LogP contribution in [0.15, 0.2) is 103 Å². The third-order valence-electron chi connectivity index (χ3n) is 8.60. The molecular formula is C31H33NOSn. The number of rotatable bonds is 5. The van der Waals surface area contributed by atoms with Crippen LogP contribution in [0.1, 0.15) is 25.7 Å². The zero-order chi connectivity index (χ0) is 23.0. The van der Waals surface area contributed by atoms with Crippen molar-refractivity contribution in [2.45, 2.75) is 29.6 Å². The quantitative estimate of drug-likeness (QED) is 0.339. The van der Waals surface area contributed by atoms with E-state index in [0.29, 0.717) is 21.7 Å². The molecular weight excluding hydrogens is 521 g/mol. The third kappa shape index (κ3) is 3.57. The van der Waals surface area contributed by atoms with Gasteiger partial charge in [0.25, 0.3) is 0 Å². The number of amides is 1. The van der Waals surface area contributed by atoms with Crippen molar-refractivity contribution in [1.29, 1.82) is 0 Å². The van der Waals surface area contributed by atoms with Crippen LogP contribution in [0.2, 0.25) is 3.93 Å². The van der Waals surface area contributed by atoms with Crippen LogP contribution in [0.5, 0.6) is 0 Å². The summed E-state index contributed by atoms with van der Waals surface area (Å²) in [6.45, 7) is 1.88. The molecule has 3 aromatic carbocycles. The molecule has 6 rings (SSSR count). The van der Waals surface area contributed by atoms with Crippen LogP contribution in [0.25, 0.3) is 0 Å². The molecule has 4 atom stereocenters. The summed E-state index contributed by atoms with van der Waals surface area (Å²) in [5.74, 6) is 1.41. The maximum absolute atomic E-state index is 14.3. The molecule has 3 aliphatic rings. The summed E-state index contributed by atoms with van der Waals surface area (Å²) < 4.78 is 4.88. The number of benzene rings is 3. The topological polar surface area (TPSA) is 20.3 Å². The Morgan fingerprint density at radius 1 is 0.647 bits per heavy atom. The van der Waals surface area contributed by atoms with Crippen molar-refractivity contribution >= 4 is 35.0 Å². The number of carbonyl (C=O) groups is 1. The number of hydrogen-bond acceptors (Lipinski definition) is 1. The van der Waals surface area contributed by atoms with Crippen LogP contribution in [-0.4, -0.2) is 42.3 Å². The number of piperidine rings is 1. The molecule has 0 unspecified atom stereocenters. The van der Waals surface area contributed by atoms with E-state index < -0.39 is 18.4 Å². The SMILES string of the molecule is O=C([C@H]1[C@H]([Sn]([c]2ccccc2)([c]2ccccc2)[c]2ccccc2)[C@H]2C=C[C@@H]1C2)N1CCCCC1. The molecule has 1 aliphatic heterocycles. The number of allylic oxidation sites excluding steroid dienone is 2. The van der Waals surface area contributed by atoms with Gasteiger partial charge in [0.15, 0.2) is 0 Å². The molecule has 3 aromatic rings. The first-order valence-electron chi connectivity index (χ1n) is 12.9. The van der Waals surface area contributed by atoms with Crippen molar-refractivity contribution in [3.63, 3.8) is 0 Å². The summed E-state index contributed by atoms with van der Waals surface area (Å²) in [5, 5.41) is 0. The van der Waals surface area contributed by atoms with Crippen LogP contribution in [0.3, 0.4) is 0 Å². The molecule has 1 saturated carbocycles. The van der Waals surface area contributed by atoms with Gasteiger partial charge in [-0.15, -0.1) is 0 Å². The molecule has 3 heteroatoms. The van der Waals surface area contributed by atoms with Gasteiger partial charge in [-0.3, -0.25) is 0 Å². The van der Waals surface area contributed by atoms with Crippen molar-refractivity contribution < 1.29 is 4.79 Å². The van der Waals surface area contributed by atoms with E-state index in [0.717, 1.165) is 32.4 Å². The molecule has 2 aliphatic carbocycles. The van der Waals surface area contributed by atoms with Gasteiger partial charge in [0.2, 0.25) is 0 Å². The summed E-state index contributed by atoms with van der Waals surface area (Å²) in [7, 11) is 0. The fourth-order valence-corrected chi connectivity index (χ4v) is 24.7. The minimum atomic E-state index is -3.63. The summed E-state index contributed by atoms with van der Waals surface area (Å²) in [6.07, 6.45) is 9.54. The van der Waals surface area contributed by atoms with Gasteiger partial charge >= 0.3 is 208 Å². The fraction of sp³-hybridized carbons (Fsp3) is 0.323. The van der Waals surface area contributed by atoms with Gasteiger partial charge in [-0.05, 0) is 0 Å². The van der Waals surface area contributed by atoms with Gasteiger partial charge in [0, 0.05) is 0 Å². The first-order valence-corrected chi connectivity index (χ1v) is 18.9. The number of likely N-dealkylation sites (tertiary alicyclic amines) is 1. The van der Waals surface area contributed by atoms with Crippen molar-refractivity contribution in [2.24, 2.45) is 17.8 Å². The normalized spacial score (nSPS) is 26.1. The Hall–Kier alpha value is -2.33. The van der Waals surface area contributed by atoms with Crippen molar-refractivity contribution in [3.05, 3.63) is 103 Å². The van der Waals surface area contributed by atoms with Crippen LogP contribution >= 0.6 is 0 Å². The standard InChI is InChI=1S/C13H18NO.3C6H5.Sn/c15-13(14-6-2-1-3-7-14)12-9-10-4-5-11(12)8-10;3*1-2-4-6-5-3-1;/h4-5,9-12H,1-3,6-8H2;3*1-5H;/t10-,11+,12-;;;;/m0..../s1. The number of nitrogens with zero attached hydrogens (tertiary/aromatic N) is 1. The molecule has 0 N–H and O–H groups in total. The van der Waals surface area contributed by atoms with Crippen molar-refractivity contribution in [3.8, 4) is 0 Å². The van der Waals surface area contributed by atoms with Gasteiger partial charge in [0.05, 0.1) is 0 Å². The predicted octanol–water partition coefficient (Wildman–Crippen LogP) is 4.36. The van der Waals surface area contributed by atoms with E-state index in [4.69, 9.17) is 0 Å². The Morgan fingerprint density at radius 2 is 1.12 bits per heavy atom. The van der Waals surface area contributed by atoms with Gasteiger partial charge in [-0.1, -0.05) is 0 Å². The number of carbonyl (C=O) groups excluding carboxylic acids is 1. The average molecular weight is 554 g/mol. The second kappa shape index (κ2) is 9.37. The van der Waals surface area contributed by atoms with Crippen molar-refractivity contribution in [1.82, 2.24) is 4.90 Å². The van der Waals surface area contributed by atoms with E-state index in [1.54, 1.807) is 0 Å². The van der Waals surface area contributed by atoms with E-state index in [1.165, 1.54) is 17.2 Å². The average Bonchev–Trinajstić information content (AvgIpc) is 3.54. The van der Waals surface area contributed by atoms with Gasteiger partial charge < -0.3 is 0 Å². The van der Waals surface area contributed by atoms with E-state index in [2.05, 4.69) is 108 Å². The van der Waals surface area contributed by atoms with E-state index >= 15 is 0 Å². The monoisotopic (exact) mass is 555 g/mol. The Labute approximate surface area is 207 Å². The Balaban J connectivity index is 1.59. The molecule has 0 radical (unpaired) electrons. The molecule has 34 heavy (non-hydrogen) atoms. The molecule has 2 bridgehead atoms. The second-order valence-corrected chi connectivity index (χ2v) is 21.8. The fourth-order valence-electron chi connectivity index (χ4n) is 7.25. The number of fused-ring (bicyclic) bond motifs is 2. The second-order valence-electron chi connectivity index (χ2n) is 10.3.